The highest BCUT2D eigenvalue weighted by molar-refractivity contribution is 5.77. The largest absolute Gasteiger partial charge is 0.368 e. The smallest absolute Gasteiger partial charge is 0.166 e. The number of anilines is 1. The molecule has 0 amide bonds. The van der Waals surface area contributed by atoms with Crippen LogP contribution in [-0.4, -0.2) is 17.4 Å². The Labute approximate surface area is 64.3 Å². The van der Waals surface area contributed by atoms with Gasteiger partial charge in [0.2, 0.25) is 0 Å². The van der Waals surface area contributed by atoms with Crippen LogP contribution in [0.25, 0.3) is 6.20 Å². The topological polar surface area (TPSA) is 34.0 Å². The van der Waals surface area contributed by atoms with E-state index in [1.807, 2.05) is 22.9 Å². The number of nitrogens with zero attached hydrogens (tertiary/aromatic N) is 1. The average molecular weight is 148 g/mol. The SMILES string of the molecule is O=Cc1ccc2n1C=CCN2. The van der Waals surface area contributed by atoms with Gasteiger partial charge in [0.25, 0.3) is 0 Å². The number of hydrogen-bond acceptors (Lipinski definition) is 2. The predicted molar refractivity (Wildman–Crippen MR) is 43.6 cm³/mol. The number of nitrogens with one attached hydrogen (secondary N) is 1. The number of fused-ring (bicyclic) bond motifs is 1. The first-order chi connectivity index (χ1) is 5.42. The number of carbonyl (C=O) groups is 1. The molecule has 3 nitrogen and oxygen atoms in total. The fraction of sp³-hybridized carbons (Fsp3) is 0.125. The summed E-state index contributed by atoms with van der Waals surface area (Å²) in [6.45, 7) is 0.836. The van der Waals surface area contributed by atoms with Crippen LogP contribution < -0.4 is 5.32 Å². The number of rotatable bonds is 1. The molecule has 0 aliphatic carbocycles. The van der Waals surface area contributed by atoms with Crippen molar-refractivity contribution < 1.29 is 4.79 Å². The third kappa shape index (κ3) is 0.852. The first kappa shape index (κ1) is 6.22. The van der Waals surface area contributed by atoms with E-state index < -0.39 is 0 Å². The van der Waals surface area contributed by atoms with Crippen molar-refractivity contribution in [3.05, 3.63) is 23.9 Å². The van der Waals surface area contributed by atoms with Crippen LogP contribution >= 0.6 is 0 Å². The van der Waals surface area contributed by atoms with Crippen LogP contribution in [0.4, 0.5) is 5.82 Å². The predicted octanol–water partition coefficient (Wildman–Crippen LogP) is 1.20. The molecule has 1 aromatic heterocycles. The minimum absolute atomic E-state index is 0.684. The van der Waals surface area contributed by atoms with Crippen molar-refractivity contribution in [3.8, 4) is 0 Å². The van der Waals surface area contributed by atoms with Gasteiger partial charge in [-0.1, -0.05) is 0 Å². The van der Waals surface area contributed by atoms with Crippen LogP contribution in [0, 0.1) is 0 Å². The molecule has 3 heteroatoms. The van der Waals surface area contributed by atoms with E-state index in [0.717, 1.165) is 18.6 Å². The Hall–Kier alpha value is -1.51. The molecular weight excluding hydrogens is 140 g/mol. The molecule has 0 bridgehead atoms. The molecule has 1 aliphatic rings. The van der Waals surface area contributed by atoms with Crippen molar-refractivity contribution in [1.29, 1.82) is 0 Å². The molecule has 56 valence electrons. The molecule has 1 aromatic rings. The zero-order valence-electron chi connectivity index (χ0n) is 5.95. The van der Waals surface area contributed by atoms with Crippen molar-refractivity contribution in [2.24, 2.45) is 0 Å². The molecule has 0 spiro atoms. The third-order valence-corrected chi connectivity index (χ3v) is 1.73. The van der Waals surface area contributed by atoms with Gasteiger partial charge < -0.3 is 9.88 Å². The highest BCUT2D eigenvalue weighted by atomic mass is 16.1. The summed E-state index contributed by atoms with van der Waals surface area (Å²) in [7, 11) is 0. The molecule has 2 rings (SSSR count). The maximum atomic E-state index is 10.5. The minimum atomic E-state index is 0.684. The summed E-state index contributed by atoms with van der Waals surface area (Å²) in [5.41, 5.74) is 0.684. The second-order valence-corrected chi connectivity index (χ2v) is 2.40. The summed E-state index contributed by atoms with van der Waals surface area (Å²) in [5, 5.41) is 3.13. The van der Waals surface area contributed by atoms with Crippen LogP contribution in [0.3, 0.4) is 0 Å². The third-order valence-electron chi connectivity index (χ3n) is 1.73. The van der Waals surface area contributed by atoms with Gasteiger partial charge in [-0.2, -0.15) is 0 Å². The van der Waals surface area contributed by atoms with Crippen molar-refractivity contribution in [1.82, 2.24) is 4.57 Å². The fourth-order valence-corrected chi connectivity index (χ4v) is 1.19. The Morgan fingerprint density at radius 1 is 1.55 bits per heavy atom. The molecule has 0 aromatic carbocycles. The Kier molecular flexibility index (Phi) is 1.28. The van der Waals surface area contributed by atoms with Gasteiger partial charge in [0.05, 0.1) is 5.69 Å². The van der Waals surface area contributed by atoms with Crippen LogP contribution in [0.5, 0.6) is 0 Å². The zero-order chi connectivity index (χ0) is 7.68. The van der Waals surface area contributed by atoms with Gasteiger partial charge in [0.15, 0.2) is 6.29 Å². The van der Waals surface area contributed by atoms with Gasteiger partial charge >= 0.3 is 0 Å². The van der Waals surface area contributed by atoms with Gasteiger partial charge in [-0.3, -0.25) is 4.79 Å². The summed E-state index contributed by atoms with van der Waals surface area (Å²) in [4.78, 5) is 10.5. The number of aldehydes is 1. The molecule has 2 heterocycles. The van der Waals surface area contributed by atoms with E-state index in [0.29, 0.717) is 5.69 Å². The van der Waals surface area contributed by atoms with Crippen LogP contribution in [0.1, 0.15) is 10.5 Å². The molecule has 0 saturated heterocycles. The first-order valence-electron chi connectivity index (χ1n) is 3.49. The highest BCUT2D eigenvalue weighted by Gasteiger charge is 2.05. The van der Waals surface area contributed by atoms with E-state index in [9.17, 15) is 4.79 Å². The molecule has 1 N–H and O–H groups in total. The maximum Gasteiger partial charge on any atom is 0.166 e. The van der Waals surface area contributed by atoms with Gasteiger partial charge in [0.1, 0.15) is 5.82 Å². The summed E-state index contributed by atoms with van der Waals surface area (Å²) in [6, 6.07) is 3.69. The van der Waals surface area contributed by atoms with Crippen LogP contribution in [0.15, 0.2) is 18.2 Å². The van der Waals surface area contributed by atoms with E-state index >= 15 is 0 Å². The lowest BCUT2D eigenvalue weighted by Gasteiger charge is -2.11. The number of hydrogen-bond donors (Lipinski definition) is 1. The van der Waals surface area contributed by atoms with Crippen LogP contribution in [-0.2, 0) is 0 Å². The molecule has 0 fully saturated rings. The van der Waals surface area contributed by atoms with Crippen molar-refractivity contribution in [2.45, 2.75) is 0 Å². The summed E-state index contributed by atoms with van der Waals surface area (Å²) in [5.74, 6) is 0.981. The van der Waals surface area contributed by atoms with E-state index in [-0.39, 0.29) is 0 Å². The Morgan fingerprint density at radius 3 is 3.27 bits per heavy atom. The lowest BCUT2D eigenvalue weighted by Crippen LogP contribution is -2.09. The van der Waals surface area contributed by atoms with E-state index in [1.165, 1.54) is 0 Å². The quantitative estimate of drug-likeness (QED) is 0.607. The van der Waals surface area contributed by atoms with E-state index in [1.54, 1.807) is 6.07 Å². The Balaban J connectivity index is 2.56. The first-order valence-corrected chi connectivity index (χ1v) is 3.49. The van der Waals surface area contributed by atoms with Crippen molar-refractivity contribution >= 4 is 18.3 Å². The normalized spacial score (nSPS) is 13.8. The highest BCUT2D eigenvalue weighted by Crippen LogP contribution is 2.16. The van der Waals surface area contributed by atoms with Gasteiger partial charge in [-0.05, 0) is 18.2 Å². The fourth-order valence-electron chi connectivity index (χ4n) is 1.19. The molecular formula is C8H8N2O. The van der Waals surface area contributed by atoms with E-state index in [4.69, 9.17) is 0 Å². The molecule has 0 radical (unpaired) electrons. The number of aromatic nitrogens is 1. The number of carbonyl (C=O) groups excluding carboxylic acids is 1. The second-order valence-electron chi connectivity index (χ2n) is 2.40. The molecule has 0 atom stereocenters. The second kappa shape index (κ2) is 2.27. The van der Waals surface area contributed by atoms with E-state index in [2.05, 4.69) is 5.32 Å². The van der Waals surface area contributed by atoms with Crippen molar-refractivity contribution in [3.63, 3.8) is 0 Å². The summed E-state index contributed by atoms with van der Waals surface area (Å²) in [6.07, 6.45) is 4.72. The lowest BCUT2D eigenvalue weighted by molar-refractivity contribution is 0.111. The van der Waals surface area contributed by atoms with Gasteiger partial charge in [-0.15, -0.1) is 0 Å². The molecule has 0 saturated carbocycles. The average Bonchev–Trinajstić information content (AvgIpc) is 2.47. The standard InChI is InChI=1S/C8H8N2O/c11-6-7-2-3-8-9-4-1-5-10(7)8/h1-3,5-6,9H,4H2. The maximum absolute atomic E-state index is 10.5. The summed E-state index contributed by atoms with van der Waals surface area (Å²) >= 11 is 0. The minimum Gasteiger partial charge on any atom is -0.368 e. The Bertz CT molecular complexity index is 312. The van der Waals surface area contributed by atoms with Gasteiger partial charge in [-0.25, -0.2) is 0 Å². The molecule has 11 heavy (non-hydrogen) atoms. The zero-order valence-corrected chi connectivity index (χ0v) is 5.95. The summed E-state index contributed by atoms with van der Waals surface area (Å²) < 4.78 is 1.83. The Morgan fingerprint density at radius 2 is 2.45 bits per heavy atom. The lowest BCUT2D eigenvalue weighted by atomic mass is 10.5. The monoisotopic (exact) mass is 148 g/mol. The van der Waals surface area contributed by atoms with Crippen LogP contribution in [0.2, 0.25) is 0 Å². The molecule has 1 aliphatic heterocycles. The van der Waals surface area contributed by atoms with Gasteiger partial charge in [0, 0.05) is 12.7 Å². The molecule has 0 unspecified atom stereocenters. The van der Waals surface area contributed by atoms with Crippen molar-refractivity contribution in [2.75, 3.05) is 11.9 Å².